The number of hydrogen-bond donors (Lipinski definition) is 5. The van der Waals surface area contributed by atoms with Gasteiger partial charge in [-0.25, -0.2) is 0 Å². The summed E-state index contributed by atoms with van der Waals surface area (Å²) >= 11 is 0. The molecule has 4 aromatic carbocycles. The molecule has 1 atom stereocenters. The molecular formula is C44H48N4O7. The predicted octanol–water partition coefficient (Wildman–Crippen LogP) is 5.01. The Morgan fingerprint density at radius 3 is 2.27 bits per heavy atom. The van der Waals surface area contributed by atoms with Gasteiger partial charge in [-0.1, -0.05) is 90.5 Å². The van der Waals surface area contributed by atoms with Crippen LogP contribution in [-0.4, -0.2) is 80.6 Å². The van der Waals surface area contributed by atoms with Gasteiger partial charge in [0.15, 0.2) is 0 Å². The maximum Gasteiger partial charge on any atom is 0.314 e. The zero-order chi connectivity index (χ0) is 39.0. The molecule has 0 aliphatic carbocycles. The van der Waals surface area contributed by atoms with E-state index in [4.69, 9.17) is 0 Å². The fourth-order valence-electron chi connectivity index (χ4n) is 7.48. The van der Waals surface area contributed by atoms with Crippen LogP contribution in [0.4, 0.5) is 0 Å². The quantitative estimate of drug-likeness (QED) is 0.0935. The minimum atomic E-state index is -0.993. The van der Waals surface area contributed by atoms with Gasteiger partial charge in [-0.05, 0) is 72.7 Å². The Labute approximate surface area is 320 Å². The van der Waals surface area contributed by atoms with E-state index in [1.165, 1.54) is 12.1 Å². The zero-order valence-electron chi connectivity index (χ0n) is 31.0. The number of fused-ring (bicyclic) bond motifs is 1. The predicted molar refractivity (Wildman–Crippen MR) is 211 cm³/mol. The van der Waals surface area contributed by atoms with E-state index in [2.05, 4.69) is 16.4 Å². The molecule has 55 heavy (non-hydrogen) atoms. The van der Waals surface area contributed by atoms with E-state index in [-0.39, 0.29) is 48.0 Å². The maximum atomic E-state index is 13.7. The van der Waals surface area contributed by atoms with Crippen LogP contribution in [0.3, 0.4) is 0 Å². The van der Waals surface area contributed by atoms with Crippen molar-refractivity contribution in [3.8, 4) is 5.75 Å². The molecular weight excluding hydrogens is 697 g/mol. The lowest BCUT2D eigenvalue weighted by Gasteiger charge is -2.39. The first-order valence-corrected chi connectivity index (χ1v) is 18.7. The number of carboxylic acids is 1. The Bertz CT molecular complexity index is 2180. The number of carbonyl (C=O) groups is 3. The number of H-pyrrole nitrogens is 1. The first-order valence-electron chi connectivity index (χ1n) is 18.7. The third-order valence-corrected chi connectivity index (χ3v) is 10.6. The number of aromatic nitrogens is 1. The fraction of sp³-hybridized carbons (Fsp3) is 0.318. The van der Waals surface area contributed by atoms with Crippen molar-refractivity contribution in [3.05, 3.63) is 147 Å². The number of aromatic amines is 1. The second kappa shape index (κ2) is 17.6. The average Bonchev–Trinajstić information content (AvgIpc) is 3.18. The van der Waals surface area contributed by atoms with E-state index in [0.29, 0.717) is 62.9 Å². The number of aliphatic hydroxyl groups excluding tert-OH is 1. The lowest BCUT2D eigenvalue weighted by Crippen LogP contribution is -2.49. The third-order valence-electron chi connectivity index (χ3n) is 10.6. The Kier molecular flexibility index (Phi) is 12.4. The monoisotopic (exact) mass is 744 g/mol. The number of pyridine rings is 1. The molecule has 0 spiro atoms. The third kappa shape index (κ3) is 9.48. The second-order valence-electron chi connectivity index (χ2n) is 14.5. The normalized spacial score (nSPS) is 14.4. The lowest BCUT2D eigenvalue weighted by atomic mass is 9.73. The molecule has 5 aromatic rings. The van der Waals surface area contributed by atoms with Crippen molar-refractivity contribution < 1.29 is 29.7 Å². The van der Waals surface area contributed by atoms with Crippen LogP contribution in [0.25, 0.3) is 10.9 Å². The summed E-state index contributed by atoms with van der Waals surface area (Å²) in [4.78, 5) is 57.3. The van der Waals surface area contributed by atoms with Gasteiger partial charge in [-0.3, -0.25) is 19.2 Å². The summed E-state index contributed by atoms with van der Waals surface area (Å²) in [5, 5.41) is 35.1. The van der Waals surface area contributed by atoms with Crippen molar-refractivity contribution in [1.82, 2.24) is 20.1 Å². The number of piperidine rings is 1. The van der Waals surface area contributed by atoms with Crippen LogP contribution in [0.5, 0.6) is 5.75 Å². The van der Waals surface area contributed by atoms with Crippen molar-refractivity contribution >= 4 is 28.7 Å². The number of amides is 2. The molecule has 1 saturated heterocycles. The Balaban J connectivity index is 1.02. The highest BCUT2D eigenvalue weighted by Gasteiger charge is 2.43. The maximum absolute atomic E-state index is 13.7. The number of carboxylic acid groups (broad SMARTS) is 1. The van der Waals surface area contributed by atoms with Crippen LogP contribution in [0, 0.1) is 6.92 Å². The van der Waals surface area contributed by atoms with Gasteiger partial charge < -0.3 is 35.4 Å². The molecule has 0 bridgehead atoms. The van der Waals surface area contributed by atoms with Crippen molar-refractivity contribution in [2.75, 3.05) is 32.7 Å². The van der Waals surface area contributed by atoms with Crippen LogP contribution < -0.4 is 10.9 Å². The summed E-state index contributed by atoms with van der Waals surface area (Å²) in [6, 6.07) is 30.9. The number of nitrogens with one attached hydrogen (secondary N) is 2. The Morgan fingerprint density at radius 1 is 0.873 bits per heavy atom. The summed E-state index contributed by atoms with van der Waals surface area (Å²) in [5.74, 6) is -0.996. The number of aliphatic hydroxyl groups is 1. The highest BCUT2D eigenvalue weighted by Crippen LogP contribution is 2.36. The molecule has 2 heterocycles. The molecule has 286 valence electrons. The SMILES string of the molecule is Cc1cccc(CN(CCCNCC(O)c2ccc(O)c3[nH]c(=O)ccc23)C(=O)Cc2ccc(CC(=O)N3CCC(C(=O)O)(c4ccccc4)CC3)cc2)c1. The van der Waals surface area contributed by atoms with Gasteiger partial charge in [0.05, 0.1) is 29.9 Å². The Morgan fingerprint density at radius 2 is 1.58 bits per heavy atom. The highest BCUT2D eigenvalue weighted by atomic mass is 16.4. The van der Waals surface area contributed by atoms with E-state index in [1.807, 2.05) is 84.6 Å². The average molecular weight is 745 g/mol. The largest absolute Gasteiger partial charge is 0.506 e. The number of phenolic OH excluding ortho intramolecular Hbond substituents is 1. The molecule has 1 aromatic heterocycles. The summed E-state index contributed by atoms with van der Waals surface area (Å²) < 4.78 is 0. The van der Waals surface area contributed by atoms with Gasteiger partial charge in [-0.15, -0.1) is 0 Å². The molecule has 5 N–H and O–H groups in total. The molecule has 1 fully saturated rings. The number of benzene rings is 4. The van der Waals surface area contributed by atoms with Gasteiger partial charge in [0.1, 0.15) is 5.75 Å². The summed E-state index contributed by atoms with van der Waals surface area (Å²) in [7, 11) is 0. The number of nitrogens with zero attached hydrogens (tertiary/aromatic N) is 2. The molecule has 2 amide bonds. The standard InChI is InChI=1S/C44H48N4O7/c1-30-7-5-8-33(25-30)29-48(22-6-21-45-28-38(50)35-15-17-37(49)42-36(35)16-18-39(51)46-42)41(53)27-32-13-11-31(12-14-32)26-40(52)47-23-19-44(20-24-47,43(54)55)34-9-3-2-4-10-34/h2-5,7-18,25,38,45,49-50H,6,19-24,26-29H2,1H3,(H,46,51)(H,54,55). The molecule has 0 radical (unpaired) electrons. The first kappa shape index (κ1) is 38.9. The van der Waals surface area contributed by atoms with Gasteiger partial charge in [-0.2, -0.15) is 0 Å². The highest BCUT2D eigenvalue weighted by molar-refractivity contribution is 5.87. The van der Waals surface area contributed by atoms with Crippen molar-refractivity contribution in [1.29, 1.82) is 0 Å². The molecule has 1 aliphatic heterocycles. The summed E-state index contributed by atoms with van der Waals surface area (Å²) in [6.07, 6.45) is 0.876. The topological polar surface area (TPSA) is 163 Å². The van der Waals surface area contributed by atoms with Crippen LogP contribution in [-0.2, 0) is 39.2 Å². The smallest absolute Gasteiger partial charge is 0.314 e. The van der Waals surface area contributed by atoms with Gasteiger partial charge in [0, 0.05) is 44.2 Å². The van der Waals surface area contributed by atoms with Crippen LogP contribution in [0.1, 0.15) is 58.7 Å². The van der Waals surface area contributed by atoms with Gasteiger partial charge in [0.25, 0.3) is 0 Å². The van der Waals surface area contributed by atoms with Crippen molar-refractivity contribution in [3.63, 3.8) is 0 Å². The van der Waals surface area contributed by atoms with E-state index in [1.54, 1.807) is 17.0 Å². The van der Waals surface area contributed by atoms with Crippen molar-refractivity contribution in [2.45, 2.75) is 57.1 Å². The zero-order valence-corrected chi connectivity index (χ0v) is 31.0. The van der Waals surface area contributed by atoms with E-state index < -0.39 is 17.5 Å². The van der Waals surface area contributed by atoms with E-state index in [0.717, 1.165) is 27.8 Å². The number of rotatable bonds is 15. The minimum Gasteiger partial charge on any atom is -0.506 e. The van der Waals surface area contributed by atoms with E-state index in [9.17, 15) is 34.5 Å². The number of aryl methyl sites for hydroxylation is 1. The fourth-order valence-corrected chi connectivity index (χ4v) is 7.48. The van der Waals surface area contributed by atoms with Crippen LogP contribution in [0.2, 0.25) is 0 Å². The number of aliphatic carboxylic acids is 1. The van der Waals surface area contributed by atoms with Gasteiger partial charge in [0.2, 0.25) is 17.4 Å². The molecule has 1 unspecified atom stereocenters. The second-order valence-corrected chi connectivity index (χ2v) is 14.5. The van der Waals surface area contributed by atoms with Crippen molar-refractivity contribution in [2.24, 2.45) is 0 Å². The van der Waals surface area contributed by atoms with E-state index >= 15 is 0 Å². The molecule has 6 rings (SSSR count). The number of likely N-dealkylation sites (tertiary alicyclic amines) is 1. The molecule has 11 nitrogen and oxygen atoms in total. The summed E-state index contributed by atoms with van der Waals surface area (Å²) in [6.45, 7) is 4.51. The minimum absolute atomic E-state index is 0.0245. The molecule has 0 saturated carbocycles. The lowest BCUT2D eigenvalue weighted by molar-refractivity contribution is -0.148. The number of hydrogen-bond acceptors (Lipinski definition) is 7. The van der Waals surface area contributed by atoms with Gasteiger partial charge >= 0.3 is 5.97 Å². The van der Waals surface area contributed by atoms with Crippen LogP contribution in [0.15, 0.2) is 108 Å². The number of carbonyl (C=O) groups excluding carboxylic acids is 2. The first-order chi connectivity index (χ1) is 26.5. The number of aromatic hydroxyl groups is 1. The molecule has 11 heteroatoms. The Hall–Kier alpha value is -5.78. The number of phenols is 1. The summed E-state index contributed by atoms with van der Waals surface area (Å²) in [5.41, 5.74) is 4.11. The van der Waals surface area contributed by atoms with Crippen LogP contribution >= 0.6 is 0 Å². The molecule has 1 aliphatic rings.